The standard InChI is InChI=1S/C16H24N4O2S/c1-4-5-13-6-8-20(9-7-13)23(21,22)14-10-15-12(2)18-19(3)16(15)17-11-14/h10-11,13H,4-9H2,1-3H3. The zero-order valence-corrected chi connectivity index (χ0v) is 14.8. The normalized spacial score (nSPS) is 17.9. The lowest BCUT2D eigenvalue weighted by Gasteiger charge is -2.31. The number of pyridine rings is 1. The summed E-state index contributed by atoms with van der Waals surface area (Å²) in [6.07, 6.45) is 5.72. The Morgan fingerprint density at radius 3 is 2.65 bits per heavy atom. The molecule has 1 aliphatic heterocycles. The number of fused-ring (bicyclic) bond motifs is 1. The molecule has 2 aromatic heterocycles. The number of rotatable bonds is 4. The predicted octanol–water partition coefficient (Wildman–Crippen LogP) is 2.48. The third-order valence-corrected chi connectivity index (χ3v) is 6.61. The number of sulfonamides is 1. The smallest absolute Gasteiger partial charge is 0.244 e. The molecule has 0 N–H and O–H groups in total. The highest BCUT2D eigenvalue weighted by Gasteiger charge is 2.29. The van der Waals surface area contributed by atoms with E-state index in [0.717, 1.165) is 30.3 Å². The van der Waals surface area contributed by atoms with Crippen LogP contribution in [-0.2, 0) is 17.1 Å². The van der Waals surface area contributed by atoms with Gasteiger partial charge in [-0.25, -0.2) is 13.4 Å². The molecule has 2 aromatic rings. The second-order valence-electron chi connectivity index (χ2n) is 6.39. The van der Waals surface area contributed by atoms with Gasteiger partial charge >= 0.3 is 0 Å². The Hall–Kier alpha value is -1.47. The van der Waals surface area contributed by atoms with Crippen LogP contribution in [0.2, 0.25) is 0 Å². The first kappa shape index (κ1) is 16.4. The van der Waals surface area contributed by atoms with Crippen molar-refractivity contribution in [1.29, 1.82) is 0 Å². The van der Waals surface area contributed by atoms with Gasteiger partial charge in [-0.2, -0.15) is 9.40 Å². The van der Waals surface area contributed by atoms with E-state index in [-0.39, 0.29) is 4.90 Å². The van der Waals surface area contributed by atoms with Crippen LogP contribution in [0.5, 0.6) is 0 Å². The molecule has 23 heavy (non-hydrogen) atoms. The molecule has 0 radical (unpaired) electrons. The third kappa shape index (κ3) is 2.99. The van der Waals surface area contributed by atoms with E-state index in [9.17, 15) is 8.42 Å². The predicted molar refractivity (Wildman–Crippen MR) is 89.6 cm³/mol. The highest BCUT2D eigenvalue weighted by Crippen LogP contribution is 2.27. The molecule has 1 saturated heterocycles. The maximum Gasteiger partial charge on any atom is 0.244 e. The van der Waals surface area contributed by atoms with Crippen LogP contribution in [0, 0.1) is 12.8 Å². The Morgan fingerprint density at radius 1 is 1.30 bits per heavy atom. The summed E-state index contributed by atoms with van der Waals surface area (Å²) in [7, 11) is -1.65. The van der Waals surface area contributed by atoms with E-state index in [2.05, 4.69) is 17.0 Å². The van der Waals surface area contributed by atoms with Crippen molar-refractivity contribution < 1.29 is 8.42 Å². The molecule has 0 amide bonds. The zero-order valence-electron chi connectivity index (χ0n) is 14.0. The molecular weight excluding hydrogens is 312 g/mol. The van der Waals surface area contributed by atoms with Gasteiger partial charge in [0.15, 0.2) is 5.65 Å². The highest BCUT2D eigenvalue weighted by molar-refractivity contribution is 7.89. The molecule has 0 aromatic carbocycles. The first-order valence-corrected chi connectivity index (χ1v) is 9.67. The first-order chi connectivity index (χ1) is 10.9. The van der Waals surface area contributed by atoms with Crippen molar-refractivity contribution in [1.82, 2.24) is 19.1 Å². The molecule has 1 fully saturated rings. The lowest BCUT2D eigenvalue weighted by molar-refractivity contribution is 0.262. The minimum absolute atomic E-state index is 0.273. The van der Waals surface area contributed by atoms with E-state index in [1.807, 2.05) is 14.0 Å². The molecule has 6 nitrogen and oxygen atoms in total. The molecule has 7 heteroatoms. The molecule has 0 atom stereocenters. The summed E-state index contributed by atoms with van der Waals surface area (Å²) in [6, 6.07) is 1.71. The van der Waals surface area contributed by atoms with Crippen LogP contribution in [0.1, 0.15) is 38.3 Å². The summed E-state index contributed by atoms with van der Waals surface area (Å²) in [5.41, 5.74) is 1.51. The van der Waals surface area contributed by atoms with Crippen molar-refractivity contribution >= 4 is 21.1 Å². The summed E-state index contributed by atoms with van der Waals surface area (Å²) >= 11 is 0. The maximum atomic E-state index is 12.9. The molecule has 126 valence electrons. The summed E-state index contributed by atoms with van der Waals surface area (Å²) in [5, 5.41) is 5.10. The van der Waals surface area contributed by atoms with Crippen LogP contribution < -0.4 is 0 Å². The average molecular weight is 336 g/mol. The fourth-order valence-electron chi connectivity index (χ4n) is 3.43. The molecule has 0 unspecified atom stereocenters. The van der Waals surface area contributed by atoms with Crippen molar-refractivity contribution in [2.75, 3.05) is 13.1 Å². The number of hydrogen-bond donors (Lipinski definition) is 0. The van der Waals surface area contributed by atoms with E-state index < -0.39 is 10.0 Å². The zero-order chi connectivity index (χ0) is 16.6. The van der Waals surface area contributed by atoms with Crippen LogP contribution in [-0.4, -0.2) is 40.6 Å². The second-order valence-corrected chi connectivity index (χ2v) is 8.33. The van der Waals surface area contributed by atoms with Gasteiger partial charge in [-0.05, 0) is 31.7 Å². The van der Waals surface area contributed by atoms with Crippen LogP contribution in [0.3, 0.4) is 0 Å². The highest BCUT2D eigenvalue weighted by atomic mass is 32.2. The third-order valence-electron chi connectivity index (χ3n) is 4.75. The Bertz CT molecular complexity index is 805. The summed E-state index contributed by atoms with van der Waals surface area (Å²) in [4.78, 5) is 4.57. The number of aryl methyl sites for hydroxylation is 2. The number of hydrogen-bond acceptors (Lipinski definition) is 4. The Morgan fingerprint density at radius 2 is 2.00 bits per heavy atom. The van der Waals surface area contributed by atoms with Gasteiger partial charge in [0.25, 0.3) is 0 Å². The monoisotopic (exact) mass is 336 g/mol. The van der Waals surface area contributed by atoms with E-state index in [1.165, 1.54) is 12.6 Å². The topological polar surface area (TPSA) is 68.1 Å². The fraction of sp³-hybridized carbons (Fsp3) is 0.625. The minimum atomic E-state index is -3.47. The lowest BCUT2D eigenvalue weighted by Crippen LogP contribution is -2.38. The molecule has 0 aliphatic carbocycles. The Balaban J connectivity index is 1.87. The summed E-state index contributed by atoms with van der Waals surface area (Å²) in [6.45, 7) is 5.27. The number of nitrogens with zero attached hydrogens (tertiary/aromatic N) is 4. The average Bonchev–Trinajstić information content (AvgIpc) is 2.82. The molecular formula is C16H24N4O2S. The molecule has 0 bridgehead atoms. The molecule has 3 rings (SSSR count). The van der Waals surface area contributed by atoms with E-state index >= 15 is 0 Å². The van der Waals surface area contributed by atoms with Crippen LogP contribution in [0.15, 0.2) is 17.2 Å². The summed E-state index contributed by atoms with van der Waals surface area (Å²) in [5.74, 6) is 0.660. The maximum absolute atomic E-state index is 12.9. The van der Waals surface area contributed by atoms with Gasteiger partial charge in [-0.15, -0.1) is 0 Å². The van der Waals surface area contributed by atoms with E-state index in [1.54, 1.807) is 15.1 Å². The van der Waals surface area contributed by atoms with Gasteiger partial charge in [0.2, 0.25) is 10.0 Å². The van der Waals surface area contributed by atoms with Crippen molar-refractivity contribution in [3.63, 3.8) is 0 Å². The quantitative estimate of drug-likeness (QED) is 0.860. The number of piperidine rings is 1. The van der Waals surface area contributed by atoms with E-state index in [4.69, 9.17) is 0 Å². The van der Waals surface area contributed by atoms with Crippen molar-refractivity contribution in [3.05, 3.63) is 18.0 Å². The van der Waals surface area contributed by atoms with Gasteiger partial charge in [0.1, 0.15) is 4.90 Å². The molecule has 0 saturated carbocycles. The largest absolute Gasteiger partial charge is 0.250 e. The molecule has 3 heterocycles. The first-order valence-electron chi connectivity index (χ1n) is 8.23. The molecule has 0 spiro atoms. The Kier molecular flexibility index (Phi) is 4.42. The Labute approximate surface area is 137 Å². The van der Waals surface area contributed by atoms with E-state index in [0.29, 0.717) is 24.7 Å². The van der Waals surface area contributed by atoms with Crippen LogP contribution in [0.25, 0.3) is 11.0 Å². The lowest BCUT2D eigenvalue weighted by atomic mass is 9.94. The SMILES string of the molecule is CCCC1CCN(S(=O)(=O)c2cnc3c(c2)c(C)nn3C)CC1. The molecule has 1 aliphatic rings. The van der Waals surface area contributed by atoms with Gasteiger partial charge in [-0.1, -0.05) is 19.8 Å². The van der Waals surface area contributed by atoms with Gasteiger partial charge in [-0.3, -0.25) is 4.68 Å². The number of aromatic nitrogens is 3. The minimum Gasteiger partial charge on any atom is -0.250 e. The van der Waals surface area contributed by atoms with Crippen molar-refractivity contribution in [2.24, 2.45) is 13.0 Å². The van der Waals surface area contributed by atoms with Crippen LogP contribution in [0.4, 0.5) is 0 Å². The van der Waals surface area contributed by atoms with Gasteiger partial charge in [0.05, 0.1) is 5.69 Å². The van der Waals surface area contributed by atoms with Crippen molar-refractivity contribution in [3.8, 4) is 0 Å². The second kappa shape index (κ2) is 6.20. The van der Waals surface area contributed by atoms with Crippen LogP contribution >= 0.6 is 0 Å². The van der Waals surface area contributed by atoms with Gasteiger partial charge < -0.3 is 0 Å². The van der Waals surface area contributed by atoms with Crippen molar-refractivity contribution in [2.45, 2.75) is 44.4 Å². The summed E-state index contributed by atoms with van der Waals surface area (Å²) < 4.78 is 29.0. The fourth-order valence-corrected chi connectivity index (χ4v) is 4.87. The van der Waals surface area contributed by atoms with Gasteiger partial charge in [0, 0.05) is 31.7 Å².